The van der Waals surface area contributed by atoms with Crippen molar-refractivity contribution < 1.29 is 9.53 Å². The predicted molar refractivity (Wildman–Crippen MR) is 111 cm³/mol. The average molecular weight is 415 g/mol. The van der Waals surface area contributed by atoms with Crippen molar-refractivity contribution >= 4 is 29.3 Å². The molecule has 3 rings (SSSR count). The van der Waals surface area contributed by atoms with Gasteiger partial charge in [-0.3, -0.25) is 9.36 Å². The Hall–Kier alpha value is -2.77. The van der Waals surface area contributed by atoms with Gasteiger partial charge in [0.2, 0.25) is 5.91 Å². The number of nitrogens with two attached hydrogens (primary N) is 1. The maximum atomic E-state index is 11.3. The fraction of sp³-hybridized carbons (Fsp3) is 0.150. The molecule has 1 amide bonds. The second-order valence-corrected chi connectivity index (χ2v) is 7.27. The third kappa shape index (κ3) is 5.15. The number of rotatable bonds is 9. The predicted octanol–water partition coefficient (Wildman–Crippen LogP) is 4.09. The van der Waals surface area contributed by atoms with Crippen molar-refractivity contribution in [3.63, 3.8) is 0 Å². The molecule has 0 bridgehead atoms. The van der Waals surface area contributed by atoms with Gasteiger partial charge in [-0.25, -0.2) is 0 Å². The number of hydrogen-bond acceptors (Lipinski definition) is 5. The highest BCUT2D eigenvalue weighted by Crippen LogP contribution is 2.23. The summed E-state index contributed by atoms with van der Waals surface area (Å²) in [7, 11) is 0. The first-order valence-electron chi connectivity index (χ1n) is 8.49. The van der Waals surface area contributed by atoms with E-state index >= 15 is 0 Å². The zero-order valence-corrected chi connectivity index (χ0v) is 16.6. The number of benzene rings is 2. The molecule has 0 saturated carbocycles. The molecule has 0 atom stereocenters. The van der Waals surface area contributed by atoms with Crippen LogP contribution >= 0.6 is 23.4 Å². The molecule has 2 aromatic carbocycles. The summed E-state index contributed by atoms with van der Waals surface area (Å²) >= 11 is 7.41. The van der Waals surface area contributed by atoms with Crippen molar-refractivity contribution in [2.24, 2.45) is 5.73 Å². The van der Waals surface area contributed by atoms with E-state index in [-0.39, 0.29) is 6.61 Å². The van der Waals surface area contributed by atoms with Crippen LogP contribution in [0.3, 0.4) is 0 Å². The minimum atomic E-state index is -0.441. The highest BCUT2D eigenvalue weighted by atomic mass is 35.5. The molecule has 6 nitrogen and oxygen atoms in total. The lowest BCUT2D eigenvalue weighted by Gasteiger charge is -2.09. The minimum absolute atomic E-state index is 0.278. The van der Waals surface area contributed by atoms with Gasteiger partial charge in [0.1, 0.15) is 12.4 Å². The quantitative estimate of drug-likeness (QED) is 0.421. The van der Waals surface area contributed by atoms with E-state index in [9.17, 15) is 4.79 Å². The van der Waals surface area contributed by atoms with Gasteiger partial charge in [-0.1, -0.05) is 41.6 Å². The molecule has 0 spiro atoms. The molecule has 1 aromatic heterocycles. The normalized spacial score (nSPS) is 10.6. The lowest BCUT2D eigenvalue weighted by atomic mass is 10.1. The van der Waals surface area contributed by atoms with Crippen LogP contribution in [0.1, 0.15) is 21.7 Å². The molecule has 28 heavy (non-hydrogen) atoms. The Morgan fingerprint density at radius 2 is 2.04 bits per heavy atom. The van der Waals surface area contributed by atoms with Crippen LogP contribution in [0.15, 0.2) is 66.3 Å². The Morgan fingerprint density at radius 3 is 2.75 bits per heavy atom. The highest BCUT2D eigenvalue weighted by Gasteiger charge is 2.13. The van der Waals surface area contributed by atoms with Gasteiger partial charge in [0.25, 0.3) is 0 Å². The first-order chi connectivity index (χ1) is 13.6. The van der Waals surface area contributed by atoms with Crippen LogP contribution in [-0.2, 0) is 18.9 Å². The molecule has 0 aliphatic carbocycles. The molecule has 0 fully saturated rings. The molecule has 144 valence electrons. The summed E-state index contributed by atoms with van der Waals surface area (Å²) in [4.78, 5) is 11.3. The molecule has 0 saturated heterocycles. The van der Waals surface area contributed by atoms with Gasteiger partial charge < -0.3 is 10.5 Å². The van der Waals surface area contributed by atoms with Gasteiger partial charge in [-0.05, 0) is 42.0 Å². The molecule has 2 N–H and O–H groups in total. The molecular formula is C20H19ClN4O2S. The monoisotopic (exact) mass is 414 g/mol. The smallest absolute Gasteiger partial charge is 0.248 e. The number of carbonyl (C=O) groups is 1. The van der Waals surface area contributed by atoms with Crippen molar-refractivity contribution in [3.8, 4) is 5.75 Å². The second kappa shape index (κ2) is 9.43. The van der Waals surface area contributed by atoms with Crippen molar-refractivity contribution in [2.75, 3.05) is 0 Å². The number of thioether (sulfide) groups is 1. The largest absolute Gasteiger partial charge is 0.486 e. The van der Waals surface area contributed by atoms with E-state index in [1.165, 1.54) is 11.8 Å². The maximum Gasteiger partial charge on any atom is 0.248 e. The first-order valence-corrected chi connectivity index (χ1v) is 9.86. The summed E-state index contributed by atoms with van der Waals surface area (Å²) in [6.45, 7) is 4.65. The van der Waals surface area contributed by atoms with E-state index < -0.39 is 5.91 Å². The summed E-state index contributed by atoms with van der Waals surface area (Å²) in [6, 6.07) is 14.4. The highest BCUT2D eigenvalue weighted by molar-refractivity contribution is 7.98. The summed E-state index contributed by atoms with van der Waals surface area (Å²) in [5.41, 5.74) is 6.81. The summed E-state index contributed by atoms with van der Waals surface area (Å²) in [6.07, 6.45) is 1.78. The van der Waals surface area contributed by atoms with Gasteiger partial charge in [0.05, 0.1) is 0 Å². The van der Waals surface area contributed by atoms with E-state index in [1.54, 1.807) is 42.5 Å². The summed E-state index contributed by atoms with van der Waals surface area (Å²) in [5, 5.41) is 9.92. The number of halogens is 1. The molecule has 0 unspecified atom stereocenters. The van der Waals surface area contributed by atoms with Gasteiger partial charge in [0.15, 0.2) is 11.0 Å². The molecule has 0 aliphatic rings. The number of amides is 1. The number of ether oxygens (including phenoxy) is 1. The Kier molecular flexibility index (Phi) is 6.73. The van der Waals surface area contributed by atoms with Crippen LogP contribution in [0.4, 0.5) is 0 Å². The Balaban J connectivity index is 1.69. The lowest BCUT2D eigenvalue weighted by Crippen LogP contribution is -2.10. The molecular weight excluding hydrogens is 396 g/mol. The second-order valence-electron chi connectivity index (χ2n) is 5.89. The molecule has 0 aliphatic heterocycles. The lowest BCUT2D eigenvalue weighted by molar-refractivity contribution is 0.1000. The Bertz CT molecular complexity index is 973. The van der Waals surface area contributed by atoms with Gasteiger partial charge in [-0.15, -0.1) is 16.8 Å². The van der Waals surface area contributed by atoms with E-state index in [2.05, 4.69) is 16.8 Å². The third-order valence-corrected chi connectivity index (χ3v) is 5.16. The maximum absolute atomic E-state index is 11.3. The van der Waals surface area contributed by atoms with Gasteiger partial charge in [-0.2, -0.15) is 0 Å². The molecule has 8 heteroatoms. The van der Waals surface area contributed by atoms with Crippen molar-refractivity contribution in [3.05, 3.63) is 83.2 Å². The van der Waals surface area contributed by atoms with Crippen LogP contribution < -0.4 is 10.5 Å². The topological polar surface area (TPSA) is 83.0 Å². The van der Waals surface area contributed by atoms with Crippen molar-refractivity contribution in [1.29, 1.82) is 0 Å². The molecule has 3 aromatic rings. The van der Waals surface area contributed by atoms with Crippen LogP contribution in [0.5, 0.6) is 5.75 Å². The standard InChI is InChI=1S/C20H19ClN4O2S/c1-2-10-25-18(12-27-17-8-6-16(21)7-9-17)23-24-20(25)28-13-14-4-3-5-15(11-14)19(22)26/h2-9,11H,1,10,12-13H2,(H2,22,26). The van der Waals surface area contributed by atoms with Crippen LogP contribution in [0.2, 0.25) is 5.02 Å². The fourth-order valence-corrected chi connectivity index (χ4v) is 3.52. The zero-order chi connectivity index (χ0) is 19.9. The Morgan fingerprint density at radius 1 is 1.25 bits per heavy atom. The number of allylic oxidation sites excluding steroid dienone is 1. The minimum Gasteiger partial charge on any atom is -0.486 e. The van der Waals surface area contributed by atoms with Crippen LogP contribution in [-0.4, -0.2) is 20.7 Å². The van der Waals surface area contributed by atoms with Gasteiger partial charge >= 0.3 is 0 Å². The Labute approximate surface area is 172 Å². The molecule has 1 heterocycles. The SMILES string of the molecule is C=CCn1c(COc2ccc(Cl)cc2)nnc1SCc1cccc(C(N)=O)c1. The summed E-state index contributed by atoms with van der Waals surface area (Å²) < 4.78 is 7.73. The van der Waals surface area contributed by atoms with E-state index in [4.69, 9.17) is 22.1 Å². The van der Waals surface area contributed by atoms with Crippen LogP contribution in [0, 0.1) is 0 Å². The number of aromatic nitrogens is 3. The summed E-state index contributed by atoms with van der Waals surface area (Å²) in [5.74, 6) is 1.59. The number of carbonyl (C=O) groups excluding carboxylic acids is 1. The fourth-order valence-electron chi connectivity index (χ4n) is 2.49. The van der Waals surface area contributed by atoms with E-state index in [0.717, 1.165) is 10.7 Å². The van der Waals surface area contributed by atoms with Crippen molar-refractivity contribution in [2.45, 2.75) is 24.1 Å². The first kappa shape index (κ1) is 20.0. The van der Waals surface area contributed by atoms with Gasteiger partial charge in [0, 0.05) is 22.9 Å². The van der Waals surface area contributed by atoms with Crippen LogP contribution in [0.25, 0.3) is 0 Å². The van der Waals surface area contributed by atoms with Crippen molar-refractivity contribution in [1.82, 2.24) is 14.8 Å². The third-order valence-electron chi connectivity index (χ3n) is 3.87. The zero-order valence-electron chi connectivity index (χ0n) is 15.0. The number of nitrogens with zero attached hydrogens (tertiary/aromatic N) is 3. The van der Waals surface area contributed by atoms with E-state index in [1.807, 2.05) is 16.7 Å². The number of hydrogen-bond donors (Lipinski definition) is 1. The van der Waals surface area contributed by atoms with E-state index in [0.29, 0.717) is 34.5 Å². The number of primary amides is 1. The molecule has 0 radical (unpaired) electrons. The average Bonchev–Trinajstić information content (AvgIpc) is 3.08.